The Bertz CT molecular complexity index is 724. The Kier molecular flexibility index (Phi) is 10.5. The summed E-state index contributed by atoms with van der Waals surface area (Å²) in [6.07, 6.45) is 3.42. The standard InChI is InChI=1S/C17H28BN5O7/c1-11(2)8-15(18(26)27)21-16(25)12(9-14(24)13-5-7-30-10-13)4-3-6-20-17(19)22-23(28)29/h5,7,10-12,15,26-27H,3-4,6,8-9H2,1-2H3,(H,21,25)(H3,19,20,22)/t12-,15+/m1/s1. The Morgan fingerprint density at radius 1 is 1.40 bits per heavy atom. The molecule has 1 aromatic heterocycles. The van der Waals surface area contributed by atoms with Gasteiger partial charge >= 0.3 is 7.12 Å². The Morgan fingerprint density at radius 2 is 2.10 bits per heavy atom. The SMILES string of the molecule is CC(C)C[C@H](NC(=O)[C@H](CCCN=C(N)N[N+](=O)[O-])CC(=O)c1ccoc1)B(O)O. The average Bonchev–Trinajstić information content (AvgIpc) is 3.17. The summed E-state index contributed by atoms with van der Waals surface area (Å²) < 4.78 is 4.89. The molecule has 0 bridgehead atoms. The van der Waals surface area contributed by atoms with Crippen LogP contribution in [0, 0.1) is 22.0 Å². The Labute approximate surface area is 174 Å². The maximum absolute atomic E-state index is 12.7. The number of hydrogen-bond acceptors (Lipinski definition) is 8. The van der Waals surface area contributed by atoms with E-state index in [1.54, 1.807) is 5.43 Å². The highest BCUT2D eigenvalue weighted by molar-refractivity contribution is 6.43. The van der Waals surface area contributed by atoms with Gasteiger partial charge in [0.05, 0.1) is 17.8 Å². The highest BCUT2D eigenvalue weighted by atomic mass is 16.7. The number of nitrogens with zero attached hydrogens (tertiary/aromatic N) is 2. The third kappa shape index (κ3) is 9.52. The lowest BCUT2D eigenvalue weighted by atomic mass is 9.74. The highest BCUT2D eigenvalue weighted by Crippen LogP contribution is 2.18. The van der Waals surface area contributed by atoms with Gasteiger partial charge in [-0.05, 0) is 31.2 Å². The molecular formula is C17H28BN5O7. The fraction of sp³-hybridized carbons (Fsp3) is 0.588. The first-order valence-electron chi connectivity index (χ1n) is 9.53. The van der Waals surface area contributed by atoms with Crippen molar-refractivity contribution in [2.45, 2.75) is 45.5 Å². The number of rotatable bonds is 13. The van der Waals surface area contributed by atoms with Crippen molar-refractivity contribution in [3.8, 4) is 0 Å². The molecule has 13 heteroatoms. The molecule has 0 saturated carbocycles. The molecule has 2 atom stereocenters. The van der Waals surface area contributed by atoms with Gasteiger partial charge in [0, 0.05) is 18.9 Å². The summed E-state index contributed by atoms with van der Waals surface area (Å²) in [6.45, 7) is 3.86. The van der Waals surface area contributed by atoms with Crippen molar-refractivity contribution in [2.24, 2.45) is 22.6 Å². The average molecular weight is 425 g/mol. The van der Waals surface area contributed by atoms with Crippen LogP contribution in [0.25, 0.3) is 0 Å². The van der Waals surface area contributed by atoms with Crippen LogP contribution in [0.15, 0.2) is 28.0 Å². The topological polar surface area (TPSA) is 193 Å². The van der Waals surface area contributed by atoms with E-state index < -0.39 is 29.9 Å². The number of aliphatic imine (C=N–C) groups is 1. The lowest BCUT2D eigenvalue weighted by molar-refractivity contribution is -0.525. The number of nitrogens with one attached hydrogen (secondary N) is 2. The summed E-state index contributed by atoms with van der Waals surface area (Å²) in [5, 5.41) is 31.1. The summed E-state index contributed by atoms with van der Waals surface area (Å²) in [5.74, 6) is -2.69. The van der Waals surface area contributed by atoms with Gasteiger partial charge < -0.3 is 25.5 Å². The van der Waals surface area contributed by atoms with Crippen LogP contribution in [0.3, 0.4) is 0 Å². The van der Waals surface area contributed by atoms with Crippen molar-refractivity contribution < 1.29 is 29.1 Å². The molecule has 1 amide bonds. The van der Waals surface area contributed by atoms with Crippen LogP contribution >= 0.6 is 0 Å². The molecule has 0 radical (unpaired) electrons. The van der Waals surface area contributed by atoms with Crippen LogP contribution in [0.4, 0.5) is 0 Å². The van der Waals surface area contributed by atoms with Crippen molar-refractivity contribution in [2.75, 3.05) is 6.54 Å². The second-order valence-corrected chi connectivity index (χ2v) is 7.27. The van der Waals surface area contributed by atoms with Crippen molar-refractivity contribution in [3.63, 3.8) is 0 Å². The van der Waals surface area contributed by atoms with E-state index in [1.165, 1.54) is 18.6 Å². The summed E-state index contributed by atoms with van der Waals surface area (Å²) >= 11 is 0. The van der Waals surface area contributed by atoms with Crippen LogP contribution in [0.2, 0.25) is 0 Å². The zero-order chi connectivity index (χ0) is 22.7. The third-order valence-electron chi connectivity index (χ3n) is 4.26. The van der Waals surface area contributed by atoms with E-state index in [2.05, 4.69) is 10.3 Å². The van der Waals surface area contributed by atoms with E-state index in [1.807, 2.05) is 13.8 Å². The monoisotopic (exact) mass is 425 g/mol. The third-order valence-corrected chi connectivity index (χ3v) is 4.26. The molecule has 0 aliphatic carbocycles. The van der Waals surface area contributed by atoms with Gasteiger partial charge in [-0.15, -0.1) is 0 Å². The van der Waals surface area contributed by atoms with E-state index in [-0.39, 0.29) is 37.0 Å². The minimum atomic E-state index is -1.74. The van der Waals surface area contributed by atoms with Gasteiger partial charge in [-0.3, -0.25) is 9.59 Å². The highest BCUT2D eigenvalue weighted by Gasteiger charge is 2.30. The van der Waals surface area contributed by atoms with Crippen LogP contribution in [0.1, 0.15) is 49.9 Å². The molecule has 30 heavy (non-hydrogen) atoms. The minimum Gasteiger partial charge on any atom is -0.472 e. The van der Waals surface area contributed by atoms with Gasteiger partial charge in [-0.1, -0.05) is 19.3 Å². The largest absolute Gasteiger partial charge is 0.475 e. The van der Waals surface area contributed by atoms with Crippen molar-refractivity contribution in [1.29, 1.82) is 0 Å². The van der Waals surface area contributed by atoms with Gasteiger partial charge in [0.2, 0.25) is 5.91 Å². The van der Waals surface area contributed by atoms with E-state index in [9.17, 15) is 29.8 Å². The molecule has 6 N–H and O–H groups in total. The first-order chi connectivity index (χ1) is 14.1. The van der Waals surface area contributed by atoms with Crippen molar-refractivity contribution in [3.05, 3.63) is 34.3 Å². The molecule has 166 valence electrons. The first kappa shape index (κ1) is 25.1. The maximum atomic E-state index is 12.7. The predicted octanol–water partition coefficient (Wildman–Crippen LogP) is -0.112. The van der Waals surface area contributed by atoms with Gasteiger partial charge in [0.1, 0.15) is 6.26 Å². The van der Waals surface area contributed by atoms with Gasteiger partial charge in [-0.2, -0.15) is 0 Å². The molecule has 0 unspecified atom stereocenters. The van der Waals surface area contributed by atoms with Gasteiger partial charge in [-0.25, -0.2) is 15.1 Å². The molecule has 1 aromatic rings. The number of guanidine groups is 1. The minimum absolute atomic E-state index is 0.106. The second-order valence-electron chi connectivity index (χ2n) is 7.27. The smallest absolute Gasteiger partial charge is 0.472 e. The number of hydrazine groups is 1. The fourth-order valence-electron chi connectivity index (χ4n) is 2.82. The van der Waals surface area contributed by atoms with Crippen molar-refractivity contribution >= 4 is 24.8 Å². The van der Waals surface area contributed by atoms with Crippen LogP contribution in [0.5, 0.6) is 0 Å². The van der Waals surface area contributed by atoms with E-state index in [4.69, 9.17) is 10.2 Å². The number of ketones is 1. The number of furan rings is 1. The number of carbonyl (C=O) groups is 2. The second kappa shape index (κ2) is 12.6. The molecule has 0 aliphatic rings. The Balaban J connectivity index is 2.79. The first-order valence-corrected chi connectivity index (χ1v) is 9.53. The zero-order valence-electron chi connectivity index (χ0n) is 17.0. The molecule has 0 aromatic carbocycles. The number of Topliss-reactive ketones (excluding diaryl/α,β-unsaturated/α-hetero) is 1. The van der Waals surface area contributed by atoms with Crippen LogP contribution < -0.4 is 16.5 Å². The molecule has 0 aliphatic heterocycles. The van der Waals surface area contributed by atoms with Gasteiger partial charge in [0.15, 0.2) is 10.8 Å². The number of nitrogens with two attached hydrogens (primary N) is 1. The summed E-state index contributed by atoms with van der Waals surface area (Å²) in [4.78, 5) is 39.2. The molecular weight excluding hydrogens is 397 g/mol. The van der Waals surface area contributed by atoms with Crippen molar-refractivity contribution in [1.82, 2.24) is 10.7 Å². The molecule has 1 heterocycles. The quantitative estimate of drug-likeness (QED) is 0.0545. The summed E-state index contributed by atoms with van der Waals surface area (Å²) in [7, 11) is -1.74. The molecule has 0 saturated heterocycles. The number of amides is 1. The summed E-state index contributed by atoms with van der Waals surface area (Å²) in [6, 6.07) is 1.49. The van der Waals surface area contributed by atoms with Crippen LogP contribution in [-0.2, 0) is 4.79 Å². The number of nitro groups is 1. The molecule has 1 rings (SSSR count). The number of carbonyl (C=O) groups excluding carboxylic acids is 2. The summed E-state index contributed by atoms with van der Waals surface area (Å²) in [5.41, 5.74) is 7.38. The molecule has 0 spiro atoms. The lowest BCUT2D eigenvalue weighted by Gasteiger charge is -2.23. The lowest BCUT2D eigenvalue weighted by Crippen LogP contribution is -2.49. The van der Waals surface area contributed by atoms with E-state index in [0.29, 0.717) is 18.4 Å². The molecule has 12 nitrogen and oxygen atoms in total. The normalized spacial score (nSPS) is 13.6. The van der Waals surface area contributed by atoms with E-state index in [0.717, 1.165) is 0 Å². The zero-order valence-corrected chi connectivity index (χ0v) is 17.0. The predicted molar refractivity (Wildman–Crippen MR) is 109 cm³/mol. The Morgan fingerprint density at radius 3 is 2.63 bits per heavy atom. The maximum Gasteiger partial charge on any atom is 0.475 e. The molecule has 0 fully saturated rings. The van der Waals surface area contributed by atoms with Gasteiger partial charge in [0.25, 0.3) is 5.96 Å². The van der Waals surface area contributed by atoms with Crippen LogP contribution in [-0.4, -0.2) is 52.3 Å². The Hall–Kier alpha value is -2.93. The van der Waals surface area contributed by atoms with E-state index >= 15 is 0 Å². The fourth-order valence-corrected chi connectivity index (χ4v) is 2.82. The number of hydrogen-bond donors (Lipinski definition) is 5.